The molecule has 238 valence electrons. The van der Waals surface area contributed by atoms with Crippen molar-refractivity contribution in [3.05, 3.63) is 89.0 Å². The molecule has 0 radical (unpaired) electrons. The Labute approximate surface area is 266 Å². The molecule has 0 spiro atoms. The van der Waals surface area contributed by atoms with E-state index in [1.54, 1.807) is 0 Å². The molecule has 3 aromatic rings. The van der Waals surface area contributed by atoms with Crippen LogP contribution in [-0.4, -0.2) is 29.1 Å². The second-order valence-electron chi connectivity index (χ2n) is 13.5. The number of hydrogen-bond donors (Lipinski definition) is 2. The number of aryl methyl sites for hydroxylation is 1. The van der Waals surface area contributed by atoms with E-state index in [0.717, 1.165) is 65.1 Å². The van der Waals surface area contributed by atoms with E-state index in [1.807, 2.05) is 48.5 Å². The van der Waals surface area contributed by atoms with E-state index < -0.39 is 11.9 Å². The summed E-state index contributed by atoms with van der Waals surface area (Å²) in [6.07, 6.45) is 6.48. The van der Waals surface area contributed by atoms with Gasteiger partial charge in [-0.15, -0.1) is 0 Å². The number of ether oxygens (including phenoxy) is 2. The third-order valence-corrected chi connectivity index (χ3v) is 9.08. The standard InChI is InChI=1S/C38H45NO6/c1-38(2,3)30-19-17-25(18-20-32(26-11-5-4-6-12-26)45-37(43)22-21-36(41)42)23-31(30)39-35(40)24-29-27-13-7-9-15-33(27)44-34-16-10-8-14-28(29)34/h7-10,13-17,19,23,26,29,32H,4-6,11-12,18,20-22,24H2,1-3H3,(H,39,40)(H,41,42). The van der Waals surface area contributed by atoms with Gasteiger partial charge in [-0.05, 0) is 66.3 Å². The van der Waals surface area contributed by atoms with Gasteiger partial charge in [0, 0.05) is 29.2 Å². The van der Waals surface area contributed by atoms with Crippen LogP contribution in [0, 0.1) is 5.92 Å². The Kier molecular flexibility index (Phi) is 10.3. The molecule has 1 atom stereocenters. The molecule has 1 aliphatic heterocycles. The molecule has 5 rings (SSSR count). The highest BCUT2D eigenvalue weighted by Gasteiger charge is 2.30. The number of benzene rings is 3. The zero-order valence-electron chi connectivity index (χ0n) is 26.6. The van der Waals surface area contributed by atoms with Crippen molar-refractivity contribution in [3.63, 3.8) is 0 Å². The van der Waals surface area contributed by atoms with Crippen molar-refractivity contribution in [2.24, 2.45) is 5.92 Å². The first-order valence-electron chi connectivity index (χ1n) is 16.3. The predicted molar refractivity (Wildman–Crippen MR) is 175 cm³/mol. The van der Waals surface area contributed by atoms with Gasteiger partial charge >= 0.3 is 11.9 Å². The van der Waals surface area contributed by atoms with Crippen LogP contribution in [0.5, 0.6) is 11.5 Å². The molecule has 1 saturated carbocycles. The van der Waals surface area contributed by atoms with Crippen LogP contribution >= 0.6 is 0 Å². The largest absolute Gasteiger partial charge is 0.481 e. The number of nitrogens with one attached hydrogen (secondary N) is 1. The average Bonchev–Trinajstić information content (AvgIpc) is 3.02. The quantitative estimate of drug-likeness (QED) is 0.211. The lowest BCUT2D eigenvalue weighted by Crippen LogP contribution is -2.29. The molecule has 1 heterocycles. The second-order valence-corrected chi connectivity index (χ2v) is 13.5. The van der Waals surface area contributed by atoms with Crippen LogP contribution in [-0.2, 0) is 31.0 Å². The highest BCUT2D eigenvalue weighted by molar-refractivity contribution is 5.93. The lowest BCUT2D eigenvalue weighted by atomic mass is 9.82. The van der Waals surface area contributed by atoms with Gasteiger partial charge in [-0.1, -0.05) is 88.6 Å². The molecule has 0 aromatic heterocycles. The summed E-state index contributed by atoms with van der Waals surface area (Å²) in [7, 11) is 0. The first kappa shape index (κ1) is 32.3. The third kappa shape index (κ3) is 8.33. The predicted octanol–water partition coefficient (Wildman–Crippen LogP) is 8.54. The number of carbonyl (C=O) groups excluding carboxylic acids is 2. The summed E-state index contributed by atoms with van der Waals surface area (Å²) >= 11 is 0. The van der Waals surface area contributed by atoms with Crippen molar-refractivity contribution in [2.45, 2.75) is 102 Å². The topological polar surface area (TPSA) is 102 Å². The fraction of sp³-hybridized carbons (Fsp3) is 0.447. The van der Waals surface area contributed by atoms with E-state index in [9.17, 15) is 14.4 Å². The van der Waals surface area contributed by atoms with Crippen molar-refractivity contribution in [2.75, 3.05) is 5.32 Å². The Balaban J connectivity index is 1.33. The van der Waals surface area contributed by atoms with Gasteiger partial charge in [-0.2, -0.15) is 0 Å². The van der Waals surface area contributed by atoms with Crippen LogP contribution in [0.15, 0.2) is 66.7 Å². The second kappa shape index (κ2) is 14.3. The monoisotopic (exact) mass is 611 g/mol. The number of rotatable bonds is 11. The van der Waals surface area contributed by atoms with Crippen LogP contribution in [0.4, 0.5) is 5.69 Å². The fourth-order valence-corrected chi connectivity index (χ4v) is 6.76. The van der Waals surface area contributed by atoms with Gasteiger partial charge in [0.1, 0.15) is 17.6 Å². The molecule has 1 amide bonds. The van der Waals surface area contributed by atoms with Crippen LogP contribution in [0.2, 0.25) is 0 Å². The maximum Gasteiger partial charge on any atom is 0.306 e. The average molecular weight is 612 g/mol. The number of carboxylic acids is 1. The molecule has 2 N–H and O–H groups in total. The Morgan fingerprint density at radius 2 is 1.56 bits per heavy atom. The zero-order valence-corrected chi connectivity index (χ0v) is 26.6. The van der Waals surface area contributed by atoms with E-state index in [1.165, 1.54) is 6.42 Å². The summed E-state index contributed by atoms with van der Waals surface area (Å²) < 4.78 is 12.0. The van der Waals surface area contributed by atoms with Crippen LogP contribution in [0.1, 0.15) is 107 Å². The number of aliphatic carboxylic acids is 1. The third-order valence-electron chi connectivity index (χ3n) is 9.08. The van der Waals surface area contributed by atoms with Crippen molar-refractivity contribution < 1.29 is 29.0 Å². The van der Waals surface area contributed by atoms with E-state index in [2.05, 4.69) is 44.3 Å². The van der Waals surface area contributed by atoms with Gasteiger partial charge in [-0.3, -0.25) is 14.4 Å². The minimum absolute atomic E-state index is 0.0680. The van der Waals surface area contributed by atoms with E-state index in [0.29, 0.717) is 12.8 Å². The summed E-state index contributed by atoms with van der Waals surface area (Å²) in [5.74, 6) is 0.206. The number of anilines is 1. The molecular formula is C38H45NO6. The summed E-state index contributed by atoms with van der Waals surface area (Å²) in [4.78, 5) is 37.2. The molecular weight excluding hydrogens is 566 g/mol. The van der Waals surface area contributed by atoms with E-state index in [4.69, 9.17) is 14.6 Å². The molecule has 1 fully saturated rings. The Morgan fingerprint density at radius 1 is 0.911 bits per heavy atom. The minimum atomic E-state index is -1.00. The molecule has 7 heteroatoms. The molecule has 0 saturated heterocycles. The Bertz CT molecular complexity index is 1470. The lowest BCUT2D eigenvalue weighted by molar-refractivity contribution is -0.155. The first-order chi connectivity index (χ1) is 21.6. The number of amides is 1. The Hall–Kier alpha value is -4.13. The molecule has 1 aliphatic carbocycles. The number of carbonyl (C=O) groups is 3. The number of esters is 1. The molecule has 1 unspecified atom stereocenters. The van der Waals surface area contributed by atoms with Crippen LogP contribution in [0.3, 0.4) is 0 Å². The van der Waals surface area contributed by atoms with E-state index in [-0.39, 0.29) is 48.5 Å². The molecule has 45 heavy (non-hydrogen) atoms. The highest BCUT2D eigenvalue weighted by atomic mass is 16.5. The lowest BCUT2D eigenvalue weighted by Gasteiger charge is -2.30. The summed E-state index contributed by atoms with van der Waals surface area (Å²) in [5.41, 5.74) is 4.72. The first-order valence-corrected chi connectivity index (χ1v) is 16.3. The normalized spacial score (nSPS) is 15.7. The zero-order chi connectivity index (χ0) is 32.0. The number of para-hydroxylation sites is 2. The molecule has 2 aliphatic rings. The highest BCUT2D eigenvalue weighted by Crippen LogP contribution is 2.45. The molecule has 3 aromatic carbocycles. The summed E-state index contributed by atoms with van der Waals surface area (Å²) in [6.45, 7) is 6.41. The van der Waals surface area contributed by atoms with E-state index >= 15 is 0 Å². The maximum atomic E-state index is 13.7. The van der Waals surface area contributed by atoms with Gasteiger partial charge in [0.2, 0.25) is 5.91 Å². The number of fused-ring (bicyclic) bond motifs is 2. The van der Waals surface area contributed by atoms with Crippen molar-refractivity contribution in [1.82, 2.24) is 0 Å². The van der Waals surface area contributed by atoms with Gasteiger partial charge in [0.05, 0.1) is 12.8 Å². The van der Waals surface area contributed by atoms with Gasteiger partial charge in [0.15, 0.2) is 0 Å². The molecule has 7 nitrogen and oxygen atoms in total. The number of carboxylic acid groups (broad SMARTS) is 1. The van der Waals surface area contributed by atoms with Crippen molar-refractivity contribution in [3.8, 4) is 11.5 Å². The Morgan fingerprint density at radius 3 is 2.18 bits per heavy atom. The number of hydrogen-bond acceptors (Lipinski definition) is 5. The van der Waals surface area contributed by atoms with Crippen LogP contribution < -0.4 is 10.1 Å². The van der Waals surface area contributed by atoms with Crippen molar-refractivity contribution >= 4 is 23.5 Å². The molecule has 0 bridgehead atoms. The summed E-state index contributed by atoms with van der Waals surface area (Å²) in [5, 5.41) is 12.3. The van der Waals surface area contributed by atoms with Gasteiger partial charge in [0.25, 0.3) is 0 Å². The van der Waals surface area contributed by atoms with Gasteiger partial charge in [-0.25, -0.2) is 0 Å². The smallest absolute Gasteiger partial charge is 0.306 e. The van der Waals surface area contributed by atoms with Crippen molar-refractivity contribution in [1.29, 1.82) is 0 Å². The summed E-state index contributed by atoms with van der Waals surface area (Å²) in [6, 6.07) is 22.1. The fourth-order valence-electron chi connectivity index (χ4n) is 6.76. The SMILES string of the molecule is CC(C)(C)c1ccc(CCC(OC(=O)CCC(=O)O)C2CCCCC2)cc1NC(=O)CC1c2ccccc2Oc2ccccc21. The van der Waals surface area contributed by atoms with Gasteiger partial charge < -0.3 is 19.9 Å². The minimum Gasteiger partial charge on any atom is -0.481 e. The van der Waals surface area contributed by atoms with Crippen LogP contribution in [0.25, 0.3) is 0 Å². The maximum absolute atomic E-state index is 13.7.